The van der Waals surface area contributed by atoms with E-state index in [9.17, 15) is 0 Å². The molecule has 0 radical (unpaired) electrons. The Hall–Kier alpha value is -0.470. The molecule has 0 aromatic heterocycles. The van der Waals surface area contributed by atoms with Gasteiger partial charge in [-0.3, -0.25) is 0 Å². The number of rotatable bonds is 7. The molecule has 1 N–H and O–H groups in total. The van der Waals surface area contributed by atoms with Crippen molar-refractivity contribution in [3.63, 3.8) is 0 Å². The van der Waals surface area contributed by atoms with E-state index in [1.54, 1.807) is 0 Å². The minimum absolute atomic E-state index is 0.487. The summed E-state index contributed by atoms with van der Waals surface area (Å²) in [7, 11) is 0. The van der Waals surface area contributed by atoms with Crippen molar-refractivity contribution in [2.45, 2.75) is 38.0 Å². The fourth-order valence-corrected chi connectivity index (χ4v) is 2.82. The van der Waals surface area contributed by atoms with Crippen molar-refractivity contribution < 1.29 is 0 Å². The summed E-state index contributed by atoms with van der Waals surface area (Å²) >= 11 is 1.96. The topological polar surface area (TPSA) is 12.0 Å². The molecular formula is C14H23NS. The molecule has 2 unspecified atom stereocenters. The second kappa shape index (κ2) is 7.75. The molecule has 0 aliphatic heterocycles. The molecule has 1 nitrogen and oxygen atoms in total. The summed E-state index contributed by atoms with van der Waals surface area (Å²) in [4.78, 5) is 0. The van der Waals surface area contributed by atoms with Gasteiger partial charge in [-0.15, -0.1) is 0 Å². The highest BCUT2D eigenvalue weighted by molar-refractivity contribution is 7.99. The molecule has 0 heterocycles. The van der Waals surface area contributed by atoms with E-state index < -0.39 is 0 Å². The number of thioether (sulfide) groups is 1. The first kappa shape index (κ1) is 13.6. The predicted molar refractivity (Wildman–Crippen MR) is 75.1 cm³/mol. The van der Waals surface area contributed by atoms with Gasteiger partial charge < -0.3 is 5.32 Å². The van der Waals surface area contributed by atoms with Gasteiger partial charge >= 0.3 is 0 Å². The van der Waals surface area contributed by atoms with Crippen molar-refractivity contribution in [2.75, 3.05) is 12.8 Å². The zero-order valence-electron chi connectivity index (χ0n) is 10.6. The molecule has 1 aromatic rings. The monoisotopic (exact) mass is 237 g/mol. The summed E-state index contributed by atoms with van der Waals surface area (Å²) in [5.41, 5.74) is 1.41. The van der Waals surface area contributed by atoms with E-state index in [4.69, 9.17) is 0 Å². The Labute approximate surface area is 104 Å². The summed E-state index contributed by atoms with van der Waals surface area (Å²) in [5, 5.41) is 4.33. The van der Waals surface area contributed by atoms with Crippen LogP contribution in [0.25, 0.3) is 0 Å². The summed E-state index contributed by atoms with van der Waals surface area (Å²) in [5.74, 6) is 0. The normalized spacial score (nSPS) is 14.7. The summed E-state index contributed by atoms with van der Waals surface area (Å²) < 4.78 is 0. The quantitative estimate of drug-likeness (QED) is 0.772. The standard InChI is InChI=1S/C14H23NS/c1-4-11-15-14(13(5-2)16-3)12-9-7-6-8-10-12/h6-10,13-15H,4-5,11H2,1-3H3. The first-order chi connectivity index (χ1) is 7.83. The lowest BCUT2D eigenvalue weighted by molar-refractivity contribution is 0.506. The Morgan fingerprint density at radius 3 is 2.38 bits per heavy atom. The number of hydrogen-bond acceptors (Lipinski definition) is 2. The molecule has 0 aliphatic rings. The van der Waals surface area contributed by atoms with Crippen LogP contribution in [-0.4, -0.2) is 18.1 Å². The van der Waals surface area contributed by atoms with Gasteiger partial charge in [-0.2, -0.15) is 11.8 Å². The molecular weight excluding hydrogens is 214 g/mol. The van der Waals surface area contributed by atoms with E-state index in [2.05, 4.69) is 55.8 Å². The van der Waals surface area contributed by atoms with Crippen molar-refractivity contribution >= 4 is 11.8 Å². The van der Waals surface area contributed by atoms with Gasteiger partial charge in [0.25, 0.3) is 0 Å². The van der Waals surface area contributed by atoms with Gasteiger partial charge in [0, 0.05) is 11.3 Å². The predicted octanol–water partition coefficient (Wildman–Crippen LogP) is 3.87. The largest absolute Gasteiger partial charge is 0.309 e. The SMILES string of the molecule is CCCNC(c1ccccc1)C(CC)SC. The lowest BCUT2D eigenvalue weighted by atomic mass is 10.0. The molecule has 0 spiro atoms. The molecule has 2 heteroatoms. The van der Waals surface area contributed by atoms with Gasteiger partial charge in [-0.05, 0) is 31.2 Å². The van der Waals surface area contributed by atoms with Crippen LogP contribution in [0, 0.1) is 0 Å². The zero-order valence-corrected chi connectivity index (χ0v) is 11.4. The second-order valence-electron chi connectivity index (χ2n) is 4.02. The lowest BCUT2D eigenvalue weighted by Crippen LogP contribution is -2.30. The minimum atomic E-state index is 0.487. The lowest BCUT2D eigenvalue weighted by Gasteiger charge is -2.26. The van der Waals surface area contributed by atoms with Crippen LogP contribution in [0.5, 0.6) is 0 Å². The maximum absolute atomic E-state index is 3.67. The zero-order chi connectivity index (χ0) is 11.8. The van der Waals surface area contributed by atoms with Gasteiger partial charge in [0.1, 0.15) is 0 Å². The van der Waals surface area contributed by atoms with Gasteiger partial charge in [0.2, 0.25) is 0 Å². The minimum Gasteiger partial charge on any atom is -0.309 e. The molecule has 90 valence electrons. The fourth-order valence-electron chi connectivity index (χ4n) is 1.96. The maximum Gasteiger partial charge on any atom is 0.0440 e. The van der Waals surface area contributed by atoms with Crippen LogP contribution in [0.1, 0.15) is 38.3 Å². The fraction of sp³-hybridized carbons (Fsp3) is 0.571. The average Bonchev–Trinajstić information content (AvgIpc) is 2.35. The summed E-state index contributed by atoms with van der Waals surface area (Å²) in [6.45, 7) is 5.58. The highest BCUT2D eigenvalue weighted by Crippen LogP contribution is 2.27. The maximum atomic E-state index is 3.67. The highest BCUT2D eigenvalue weighted by Gasteiger charge is 2.19. The molecule has 1 rings (SSSR count). The Bertz CT molecular complexity index is 269. The van der Waals surface area contributed by atoms with E-state index >= 15 is 0 Å². The smallest absolute Gasteiger partial charge is 0.0440 e. The summed E-state index contributed by atoms with van der Waals surface area (Å²) in [6, 6.07) is 11.3. The molecule has 0 saturated carbocycles. The average molecular weight is 237 g/mol. The first-order valence-corrected chi connectivity index (χ1v) is 7.43. The Balaban J connectivity index is 2.78. The molecule has 0 amide bonds. The molecule has 0 saturated heterocycles. The molecule has 1 aromatic carbocycles. The number of benzene rings is 1. The highest BCUT2D eigenvalue weighted by atomic mass is 32.2. The van der Waals surface area contributed by atoms with Gasteiger partial charge in [0.05, 0.1) is 0 Å². The van der Waals surface area contributed by atoms with Crippen molar-refractivity contribution in [3.8, 4) is 0 Å². The van der Waals surface area contributed by atoms with Crippen LogP contribution in [0.3, 0.4) is 0 Å². The Morgan fingerprint density at radius 1 is 1.19 bits per heavy atom. The van der Waals surface area contributed by atoms with E-state index in [-0.39, 0.29) is 0 Å². The molecule has 0 aliphatic carbocycles. The molecule has 16 heavy (non-hydrogen) atoms. The molecule has 2 atom stereocenters. The van der Waals surface area contributed by atoms with Crippen LogP contribution < -0.4 is 5.32 Å². The van der Waals surface area contributed by atoms with E-state index in [0.717, 1.165) is 6.54 Å². The second-order valence-corrected chi connectivity index (χ2v) is 5.10. The summed E-state index contributed by atoms with van der Waals surface area (Å²) in [6.07, 6.45) is 4.60. The third kappa shape index (κ3) is 3.84. The van der Waals surface area contributed by atoms with Crippen LogP contribution >= 0.6 is 11.8 Å². The van der Waals surface area contributed by atoms with Gasteiger partial charge in [-0.25, -0.2) is 0 Å². The third-order valence-electron chi connectivity index (χ3n) is 2.85. The third-order valence-corrected chi connectivity index (χ3v) is 4.06. The van der Waals surface area contributed by atoms with Crippen molar-refractivity contribution in [1.82, 2.24) is 5.32 Å². The number of nitrogens with one attached hydrogen (secondary N) is 1. The van der Waals surface area contributed by atoms with E-state index in [1.165, 1.54) is 18.4 Å². The molecule has 0 fully saturated rings. The van der Waals surface area contributed by atoms with Gasteiger partial charge in [-0.1, -0.05) is 44.2 Å². The Morgan fingerprint density at radius 2 is 1.88 bits per heavy atom. The Kier molecular flexibility index (Phi) is 6.58. The van der Waals surface area contributed by atoms with Crippen molar-refractivity contribution in [2.24, 2.45) is 0 Å². The van der Waals surface area contributed by atoms with Crippen molar-refractivity contribution in [3.05, 3.63) is 35.9 Å². The molecule has 0 bridgehead atoms. The van der Waals surface area contributed by atoms with Gasteiger partial charge in [0.15, 0.2) is 0 Å². The van der Waals surface area contributed by atoms with Crippen LogP contribution in [0.4, 0.5) is 0 Å². The van der Waals surface area contributed by atoms with E-state index in [0.29, 0.717) is 11.3 Å². The van der Waals surface area contributed by atoms with Crippen LogP contribution in [0.2, 0.25) is 0 Å². The van der Waals surface area contributed by atoms with Crippen LogP contribution in [0.15, 0.2) is 30.3 Å². The van der Waals surface area contributed by atoms with Crippen LogP contribution in [-0.2, 0) is 0 Å². The van der Waals surface area contributed by atoms with E-state index in [1.807, 2.05) is 11.8 Å². The number of hydrogen-bond donors (Lipinski definition) is 1. The van der Waals surface area contributed by atoms with Crippen molar-refractivity contribution in [1.29, 1.82) is 0 Å². The first-order valence-electron chi connectivity index (χ1n) is 6.14.